The highest BCUT2D eigenvalue weighted by Gasteiger charge is 2.22. The van der Waals surface area contributed by atoms with E-state index in [9.17, 15) is 0 Å². The Morgan fingerprint density at radius 1 is 1.47 bits per heavy atom. The van der Waals surface area contributed by atoms with Gasteiger partial charge in [0, 0.05) is 35.9 Å². The molecule has 1 heterocycles. The zero-order valence-corrected chi connectivity index (χ0v) is 12.0. The molecule has 0 spiro atoms. The number of benzene rings is 1. The van der Waals surface area contributed by atoms with E-state index in [1.54, 1.807) is 0 Å². The van der Waals surface area contributed by atoms with Crippen LogP contribution in [0.2, 0.25) is 5.02 Å². The Labute approximate surface area is 118 Å². The maximum Gasteiger partial charge on any atom is 0.0537 e. The van der Waals surface area contributed by atoms with Crippen molar-refractivity contribution in [3.05, 3.63) is 51.8 Å². The quantitative estimate of drug-likeness (QED) is 0.933. The lowest BCUT2D eigenvalue weighted by Gasteiger charge is -2.14. The maximum absolute atomic E-state index is 6.04. The van der Waals surface area contributed by atoms with Gasteiger partial charge in [-0.2, -0.15) is 5.10 Å². The normalized spacial score (nSPS) is 17.7. The molecule has 19 heavy (non-hydrogen) atoms. The fraction of sp³-hybridized carbons (Fsp3) is 0.400. The van der Waals surface area contributed by atoms with E-state index < -0.39 is 0 Å². The largest absolute Gasteiger partial charge is 0.306 e. The Kier molecular flexibility index (Phi) is 3.33. The minimum absolute atomic E-state index is 0.437. The first-order chi connectivity index (χ1) is 9.15. The third-order valence-electron chi connectivity index (χ3n) is 4.06. The summed E-state index contributed by atoms with van der Waals surface area (Å²) in [4.78, 5) is 0. The molecule has 1 unspecified atom stereocenters. The van der Waals surface area contributed by atoms with Crippen LogP contribution in [0.4, 0.5) is 0 Å². The SMILES string of the molecule is Cc1c(CNC2CCc3cc(Cl)ccc32)cnn1C. The summed E-state index contributed by atoms with van der Waals surface area (Å²) in [6.45, 7) is 2.97. The summed E-state index contributed by atoms with van der Waals surface area (Å²) in [5.74, 6) is 0. The molecule has 0 saturated heterocycles. The fourth-order valence-corrected chi connectivity index (χ4v) is 2.94. The number of aryl methyl sites for hydroxylation is 2. The summed E-state index contributed by atoms with van der Waals surface area (Å²) >= 11 is 6.04. The molecule has 1 aliphatic carbocycles. The lowest BCUT2D eigenvalue weighted by atomic mass is 10.1. The predicted octanol–water partition coefficient (Wildman–Crippen LogP) is 3.16. The summed E-state index contributed by atoms with van der Waals surface area (Å²) in [6.07, 6.45) is 4.20. The second-order valence-electron chi connectivity index (χ2n) is 5.19. The van der Waals surface area contributed by atoms with Crippen molar-refractivity contribution in [2.45, 2.75) is 32.4 Å². The number of nitrogens with one attached hydrogen (secondary N) is 1. The number of aromatic nitrogens is 2. The first-order valence-electron chi connectivity index (χ1n) is 6.64. The van der Waals surface area contributed by atoms with E-state index in [1.807, 2.05) is 24.0 Å². The standard InChI is InChI=1S/C15H18ClN3/c1-10-12(9-18-19(10)2)8-17-15-6-3-11-7-13(16)4-5-14(11)15/h4-5,7,9,15,17H,3,6,8H2,1-2H3. The van der Waals surface area contributed by atoms with Gasteiger partial charge in [0.2, 0.25) is 0 Å². The van der Waals surface area contributed by atoms with Gasteiger partial charge in [0.25, 0.3) is 0 Å². The monoisotopic (exact) mass is 275 g/mol. The summed E-state index contributed by atoms with van der Waals surface area (Å²) < 4.78 is 1.92. The smallest absolute Gasteiger partial charge is 0.0537 e. The van der Waals surface area contributed by atoms with Gasteiger partial charge in [-0.15, -0.1) is 0 Å². The Bertz CT molecular complexity index is 603. The highest BCUT2D eigenvalue weighted by atomic mass is 35.5. The van der Waals surface area contributed by atoms with Crippen LogP contribution in [0.15, 0.2) is 24.4 Å². The first-order valence-corrected chi connectivity index (χ1v) is 7.02. The van der Waals surface area contributed by atoms with Crippen LogP contribution in [-0.2, 0) is 20.0 Å². The van der Waals surface area contributed by atoms with E-state index in [1.165, 1.54) is 22.4 Å². The minimum atomic E-state index is 0.437. The summed E-state index contributed by atoms with van der Waals surface area (Å²) in [6, 6.07) is 6.66. The van der Waals surface area contributed by atoms with Crippen molar-refractivity contribution in [1.82, 2.24) is 15.1 Å². The van der Waals surface area contributed by atoms with Gasteiger partial charge in [0.15, 0.2) is 0 Å². The Hall–Kier alpha value is -1.32. The molecular formula is C15H18ClN3. The molecule has 2 aromatic rings. The zero-order chi connectivity index (χ0) is 13.4. The number of fused-ring (bicyclic) bond motifs is 1. The van der Waals surface area contributed by atoms with Crippen molar-refractivity contribution in [1.29, 1.82) is 0 Å². The molecule has 0 bridgehead atoms. The maximum atomic E-state index is 6.04. The van der Waals surface area contributed by atoms with Crippen LogP contribution in [0.5, 0.6) is 0 Å². The molecule has 0 saturated carbocycles. The summed E-state index contributed by atoms with van der Waals surface area (Å²) in [7, 11) is 1.98. The van der Waals surface area contributed by atoms with E-state index in [4.69, 9.17) is 11.6 Å². The molecule has 100 valence electrons. The van der Waals surface area contributed by atoms with E-state index in [-0.39, 0.29) is 0 Å². The number of hydrogen-bond donors (Lipinski definition) is 1. The molecule has 0 amide bonds. The molecule has 0 radical (unpaired) electrons. The van der Waals surface area contributed by atoms with Crippen molar-refractivity contribution in [2.24, 2.45) is 7.05 Å². The van der Waals surface area contributed by atoms with Crippen LogP contribution in [-0.4, -0.2) is 9.78 Å². The lowest BCUT2D eigenvalue weighted by molar-refractivity contribution is 0.529. The second-order valence-corrected chi connectivity index (χ2v) is 5.63. The van der Waals surface area contributed by atoms with Gasteiger partial charge >= 0.3 is 0 Å². The van der Waals surface area contributed by atoms with Crippen molar-refractivity contribution in [3.63, 3.8) is 0 Å². The first kappa shape index (κ1) is 12.7. The Morgan fingerprint density at radius 2 is 2.32 bits per heavy atom. The van der Waals surface area contributed by atoms with Crippen molar-refractivity contribution >= 4 is 11.6 Å². The topological polar surface area (TPSA) is 29.9 Å². The second kappa shape index (κ2) is 4.99. The Morgan fingerprint density at radius 3 is 3.05 bits per heavy atom. The van der Waals surface area contributed by atoms with Gasteiger partial charge in [-0.25, -0.2) is 0 Å². The van der Waals surface area contributed by atoms with Crippen LogP contribution in [0.1, 0.15) is 34.8 Å². The van der Waals surface area contributed by atoms with E-state index in [0.717, 1.165) is 24.4 Å². The van der Waals surface area contributed by atoms with Crippen LogP contribution in [0, 0.1) is 6.92 Å². The van der Waals surface area contributed by atoms with E-state index in [0.29, 0.717) is 6.04 Å². The lowest BCUT2D eigenvalue weighted by Crippen LogP contribution is -2.19. The number of nitrogens with zero attached hydrogens (tertiary/aromatic N) is 2. The molecular weight excluding hydrogens is 258 g/mol. The van der Waals surface area contributed by atoms with Gasteiger partial charge in [0.05, 0.1) is 6.20 Å². The zero-order valence-electron chi connectivity index (χ0n) is 11.3. The molecule has 0 fully saturated rings. The average molecular weight is 276 g/mol. The van der Waals surface area contributed by atoms with E-state index in [2.05, 4.69) is 29.5 Å². The molecule has 1 aliphatic rings. The van der Waals surface area contributed by atoms with Crippen LogP contribution in [0.25, 0.3) is 0 Å². The molecule has 3 nitrogen and oxygen atoms in total. The molecule has 1 aromatic carbocycles. The number of halogens is 1. The molecule has 4 heteroatoms. The van der Waals surface area contributed by atoms with Gasteiger partial charge in [-0.3, -0.25) is 4.68 Å². The van der Waals surface area contributed by atoms with Gasteiger partial charge in [-0.1, -0.05) is 17.7 Å². The molecule has 0 aliphatic heterocycles. The number of rotatable bonds is 3. The van der Waals surface area contributed by atoms with Crippen LogP contribution in [0.3, 0.4) is 0 Å². The van der Waals surface area contributed by atoms with Crippen LogP contribution >= 0.6 is 11.6 Å². The fourth-order valence-electron chi connectivity index (χ4n) is 2.75. The van der Waals surface area contributed by atoms with Crippen molar-refractivity contribution in [3.8, 4) is 0 Å². The van der Waals surface area contributed by atoms with Crippen molar-refractivity contribution in [2.75, 3.05) is 0 Å². The number of hydrogen-bond acceptors (Lipinski definition) is 2. The molecule has 1 atom stereocenters. The molecule has 1 N–H and O–H groups in total. The van der Waals surface area contributed by atoms with Gasteiger partial charge in [-0.05, 0) is 43.0 Å². The summed E-state index contributed by atoms with van der Waals surface area (Å²) in [5, 5.41) is 8.74. The van der Waals surface area contributed by atoms with Gasteiger partial charge < -0.3 is 5.32 Å². The third-order valence-corrected chi connectivity index (χ3v) is 4.29. The highest BCUT2D eigenvalue weighted by Crippen LogP contribution is 2.33. The average Bonchev–Trinajstić information content (AvgIpc) is 2.93. The molecule has 3 rings (SSSR count). The predicted molar refractivity (Wildman–Crippen MR) is 77.3 cm³/mol. The highest BCUT2D eigenvalue weighted by molar-refractivity contribution is 6.30. The van der Waals surface area contributed by atoms with Crippen LogP contribution < -0.4 is 5.32 Å². The minimum Gasteiger partial charge on any atom is -0.306 e. The van der Waals surface area contributed by atoms with E-state index >= 15 is 0 Å². The molecule has 1 aromatic heterocycles. The third kappa shape index (κ3) is 2.40. The van der Waals surface area contributed by atoms with Crippen molar-refractivity contribution < 1.29 is 0 Å². The van der Waals surface area contributed by atoms with Gasteiger partial charge in [0.1, 0.15) is 0 Å². The summed E-state index contributed by atoms with van der Waals surface area (Å²) in [5.41, 5.74) is 5.27. The Balaban J connectivity index is 1.72.